The zero-order chi connectivity index (χ0) is 18.6. The Morgan fingerprint density at radius 2 is 1.59 bits per heavy atom. The minimum atomic E-state index is -0.736. The van der Waals surface area contributed by atoms with Crippen LogP contribution in [0.2, 0.25) is 0 Å². The van der Waals surface area contributed by atoms with Crippen LogP contribution in [0.3, 0.4) is 0 Å². The van der Waals surface area contributed by atoms with Crippen molar-refractivity contribution in [1.82, 2.24) is 4.90 Å². The first-order valence-corrected chi connectivity index (χ1v) is 10.1. The molecule has 3 rings (SSSR count). The maximum Gasteiger partial charge on any atom is -0.412 e. The van der Waals surface area contributed by atoms with Gasteiger partial charge in [-0.25, -0.2) is 0 Å². The molecule has 2 aromatic rings. The van der Waals surface area contributed by atoms with E-state index in [0.717, 1.165) is 30.9 Å². The normalized spacial score (nSPS) is 15.3. The summed E-state index contributed by atoms with van der Waals surface area (Å²) in [5, 5.41) is 10.9. The summed E-state index contributed by atoms with van der Waals surface area (Å²) in [7, 11) is 1.83. The molecule has 8 heteroatoms. The average molecular weight is 464 g/mol. The van der Waals surface area contributed by atoms with E-state index in [0.29, 0.717) is 19.3 Å². The molecule has 1 heterocycles. The van der Waals surface area contributed by atoms with Crippen LogP contribution in [0.5, 0.6) is 0 Å². The molecule has 7 N–H and O–H groups in total. The number of carbonyl (C=O) groups is 1. The summed E-state index contributed by atoms with van der Waals surface area (Å²) < 4.78 is 1.19. The minimum absolute atomic E-state index is 0. The smallest absolute Gasteiger partial charge is 0.412 e. The third-order valence-electron chi connectivity index (χ3n) is 5.26. The van der Waals surface area contributed by atoms with Crippen LogP contribution >= 0.6 is 0 Å². The molecule has 0 atom stereocenters. The fourth-order valence-corrected chi connectivity index (χ4v) is 3.78. The van der Waals surface area contributed by atoms with Gasteiger partial charge in [-0.1, -0.05) is 30.3 Å². The second-order valence-electron chi connectivity index (χ2n) is 6.99. The summed E-state index contributed by atoms with van der Waals surface area (Å²) in [6, 6.07) is 17.9. The number of amides is 1. The molecule has 1 aliphatic heterocycles. The zero-order valence-electron chi connectivity index (χ0n) is 16.7. The SMILES string of the molecule is CN(C(=O)CCN1CCC(O)(c2ccccc2)CC1)c1cc[c]([Ge])cc1.O.O.O. The maximum atomic E-state index is 12.5. The van der Waals surface area contributed by atoms with Gasteiger partial charge in [0.05, 0.1) is 0 Å². The average Bonchev–Trinajstić information content (AvgIpc) is 2.68. The van der Waals surface area contributed by atoms with Gasteiger partial charge >= 0.3 is 123 Å². The summed E-state index contributed by atoms with van der Waals surface area (Å²) >= 11 is 2.04. The number of benzene rings is 2. The maximum absolute atomic E-state index is 12.5. The Morgan fingerprint density at radius 3 is 2.14 bits per heavy atom. The van der Waals surface area contributed by atoms with Crippen molar-refractivity contribution in [1.29, 1.82) is 0 Å². The Kier molecular flexibility index (Phi) is 11.3. The number of aliphatic hydroxyl groups is 1. The Morgan fingerprint density at radius 1 is 1.03 bits per heavy atom. The van der Waals surface area contributed by atoms with E-state index in [4.69, 9.17) is 0 Å². The summed E-state index contributed by atoms with van der Waals surface area (Å²) in [4.78, 5) is 16.5. The van der Waals surface area contributed by atoms with Crippen molar-refractivity contribution >= 4 is 32.5 Å². The van der Waals surface area contributed by atoms with Gasteiger partial charge in [-0.15, -0.1) is 0 Å². The molecule has 29 heavy (non-hydrogen) atoms. The van der Waals surface area contributed by atoms with Crippen molar-refractivity contribution < 1.29 is 26.3 Å². The standard InChI is InChI=1S/C21H25GeN2O2.3H2O/c1-23(19-9-7-18(22)8-10-19)20(25)11-14-24-15-12-21(26,13-16-24)17-5-3-2-4-6-17;;;/h2-10,26H,11-16H2,1H3;3*1H2. The van der Waals surface area contributed by atoms with Gasteiger partial charge in [0.1, 0.15) is 0 Å². The Hall–Kier alpha value is -1.75. The van der Waals surface area contributed by atoms with Crippen LogP contribution in [0, 0.1) is 0 Å². The van der Waals surface area contributed by atoms with E-state index in [9.17, 15) is 9.90 Å². The predicted octanol–water partition coefficient (Wildman–Crippen LogP) is -0.657. The third kappa shape index (κ3) is 6.92. The monoisotopic (exact) mass is 465 g/mol. The summed E-state index contributed by atoms with van der Waals surface area (Å²) in [6.45, 7) is 2.36. The second kappa shape index (κ2) is 12.1. The fourth-order valence-electron chi connectivity index (χ4n) is 3.43. The molecule has 7 nitrogen and oxygen atoms in total. The Bertz CT molecular complexity index is 734. The quantitative estimate of drug-likeness (QED) is 0.589. The minimum Gasteiger partial charge on any atom is -0.412 e. The van der Waals surface area contributed by atoms with Gasteiger partial charge in [-0.2, -0.15) is 0 Å². The van der Waals surface area contributed by atoms with Crippen LogP contribution in [0.15, 0.2) is 54.6 Å². The van der Waals surface area contributed by atoms with Gasteiger partial charge < -0.3 is 21.5 Å². The Labute approximate surface area is 180 Å². The molecule has 3 radical (unpaired) electrons. The van der Waals surface area contributed by atoms with Crippen LogP contribution in [-0.2, 0) is 10.4 Å². The van der Waals surface area contributed by atoms with Crippen molar-refractivity contribution in [2.45, 2.75) is 24.9 Å². The number of carbonyl (C=O) groups excluding carboxylic acids is 1. The van der Waals surface area contributed by atoms with E-state index >= 15 is 0 Å². The molecule has 0 saturated carbocycles. The largest absolute Gasteiger partial charge is 0.412 e. The molecule has 0 aromatic heterocycles. The van der Waals surface area contributed by atoms with Crippen molar-refractivity contribution in [3.63, 3.8) is 0 Å². The molecule has 1 amide bonds. The van der Waals surface area contributed by atoms with Gasteiger partial charge in [-0.3, -0.25) is 0 Å². The molecular weight excluding hydrogens is 433 g/mol. The topological polar surface area (TPSA) is 138 Å². The van der Waals surface area contributed by atoms with Crippen LogP contribution in [-0.4, -0.2) is 75.5 Å². The number of nitrogens with zero attached hydrogens (tertiary/aromatic N) is 2. The first kappa shape index (κ1) is 27.3. The molecule has 2 aromatic carbocycles. The van der Waals surface area contributed by atoms with E-state index in [1.807, 2.05) is 78.2 Å². The van der Waals surface area contributed by atoms with Gasteiger partial charge in [0, 0.05) is 0 Å². The fraction of sp³-hybridized carbons (Fsp3) is 0.381. The van der Waals surface area contributed by atoms with Crippen LogP contribution < -0.4 is 9.30 Å². The molecule has 1 saturated heterocycles. The number of hydrogen-bond donors (Lipinski definition) is 1. The van der Waals surface area contributed by atoms with Crippen molar-refractivity contribution in [2.75, 3.05) is 31.6 Å². The molecule has 1 fully saturated rings. The number of likely N-dealkylation sites (tertiary alicyclic amines) is 1. The summed E-state index contributed by atoms with van der Waals surface area (Å²) in [5.41, 5.74) is 1.19. The molecule has 0 spiro atoms. The number of anilines is 1. The number of piperidine rings is 1. The number of rotatable bonds is 5. The summed E-state index contributed by atoms with van der Waals surface area (Å²) in [5.74, 6) is 0.123. The van der Waals surface area contributed by atoms with E-state index < -0.39 is 5.60 Å². The van der Waals surface area contributed by atoms with E-state index in [1.165, 1.54) is 4.40 Å². The van der Waals surface area contributed by atoms with Gasteiger partial charge in [0.25, 0.3) is 0 Å². The van der Waals surface area contributed by atoms with E-state index in [2.05, 4.69) is 4.90 Å². The van der Waals surface area contributed by atoms with Crippen molar-refractivity contribution in [2.24, 2.45) is 0 Å². The van der Waals surface area contributed by atoms with Crippen LogP contribution in [0.4, 0.5) is 5.69 Å². The van der Waals surface area contributed by atoms with E-state index in [-0.39, 0.29) is 22.3 Å². The molecular formula is C21H31GeN2O5. The van der Waals surface area contributed by atoms with Gasteiger partial charge in [0.2, 0.25) is 0 Å². The predicted molar refractivity (Wildman–Crippen MR) is 117 cm³/mol. The summed E-state index contributed by atoms with van der Waals surface area (Å²) in [6.07, 6.45) is 1.91. The zero-order valence-corrected chi connectivity index (χ0v) is 18.8. The first-order chi connectivity index (χ1) is 12.5. The molecule has 0 aliphatic carbocycles. The third-order valence-corrected chi connectivity index (χ3v) is 5.96. The van der Waals surface area contributed by atoms with Gasteiger partial charge in [0.15, 0.2) is 0 Å². The van der Waals surface area contributed by atoms with Gasteiger partial charge in [-0.05, 0) is 5.56 Å². The number of hydrogen-bond acceptors (Lipinski definition) is 3. The van der Waals surface area contributed by atoms with Crippen molar-refractivity contribution in [3.8, 4) is 0 Å². The molecule has 159 valence electrons. The molecule has 0 bridgehead atoms. The van der Waals surface area contributed by atoms with Crippen LogP contribution in [0.1, 0.15) is 24.8 Å². The molecule has 1 aliphatic rings. The van der Waals surface area contributed by atoms with E-state index in [1.54, 1.807) is 4.90 Å². The molecule has 0 unspecified atom stereocenters. The second-order valence-corrected chi connectivity index (χ2v) is 8.20. The Balaban J connectivity index is 0.00000261. The van der Waals surface area contributed by atoms with Crippen LogP contribution in [0.25, 0.3) is 0 Å². The first-order valence-electron chi connectivity index (χ1n) is 9.06. The van der Waals surface area contributed by atoms with Crippen molar-refractivity contribution in [3.05, 3.63) is 60.2 Å².